The van der Waals surface area contributed by atoms with E-state index < -0.39 is 10.1 Å². The maximum atomic E-state index is 10.9. The van der Waals surface area contributed by atoms with Gasteiger partial charge < -0.3 is 5.73 Å². The Morgan fingerprint density at radius 1 is 0.947 bits per heavy atom. The molecule has 0 bridgehead atoms. The summed E-state index contributed by atoms with van der Waals surface area (Å²) in [5.41, 5.74) is 6.51. The molecule has 3 N–H and O–H groups in total. The van der Waals surface area contributed by atoms with Gasteiger partial charge in [-0.1, -0.05) is 31.4 Å². The predicted molar refractivity (Wildman–Crippen MR) is 79.2 cm³/mol. The Bertz CT molecular complexity index is 445. The molecule has 0 aliphatic rings. The van der Waals surface area contributed by atoms with E-state index in [4.69, 9.17) is 10.3 Å². The Kier molecular flexibility index (Phi) is 9.96. The van der Waals surface area contributed by atoms with Crippen LogP contribution in [0.1, 0.15) is 37.7 Å². The molecule has 0 radical (unpaired) electrons. The average Bonchev–Trinajstić information content (AvgIpc) is 2.33. The van der Waals surface area contributed by atoms with Crippen molar-refractivity contribution in [1.82, 2.24) is 0 Å². The van der Waals surface area contributed by atoms with Gasteiger partial charge in [-0.05, 0) is 43.5 Å². The third kappa shape index (κ3) is 8.07. The monoisotopic (exact) mass is 295 g/mol. The quantitative estimate of drug-likeness (QED) is 0.435. The average molecular weight is 295 g/mol. The Balaban J connectivity index is 0.00000324. The van der Waals surface area contributed by atoms with Crippen LogP contribution in [0.25, 0.3) is 0 Å². The molecule has 0 fully saturated rings. The molecule has 1 aromatic rings. The van der Waals surface area contributed by atoms with Gasteiger partial charge in [0, 0.05) is 0 Å². The zero-order valence-corrected chi connectivity index (χ0v) is 11.3. The summed E-state index contributed by atoms with van der Waals surface area (Å²) in [5.74, 6) is 0. The zero-order valence-electron chi connectivity index (χ0n) is 10.5. The summed E-state index contributed by atoms with van der Waals surface area (Å²) in [4.78, 5) is -0.0470. The summed E-state index contributed by atoms with van der Waals surface area (Å²) in [6.45, 7) is 0.761. The number of benzene rings is 1. The van der Waals surface area contributed by atoms with E-state index in [1.165, 1.54) is 31.4 Å². The van der Waals surface area contributed by atoms with Gasteiger partial charge in [0.2, 0.25) is 0 Å². The van der Waals surface area contributed by atoms with E-state index in [1.807, 2.05) is 0 Å². The molecule has 0 atom stereocenters. The first-order valence-corrected chi connectivity index (χ1v) is 7.74. The Morgan fingerprint density at radius 2 is 1.47 bits per heavy atom. The maximum absolute atomic E-state index is 10.9. The second-order valence-corrected chi connectivity index (χ2v) is 5.85. The first-order valence-electron chi connectivity index (χ1n) is 6.30. The molecule has 0 saturated heterocycles. The summed E-state index contributed by atoms with van der Waals surface area (Å²) in [5, 5.41) is 0. The number of rotatable bonds is 8. The van der Waals surface area contributed by atoms with Crippen LogP contribution in [0.4, 0.5) is 0 Å². The van der Waals surface area contributed by atoms with Crippen LogP contribution in [0.15, 0.2) is 29.2 Å². The van der Waals surface area contributed by atoms with Gasteiger partial charge in [0.05, 0.1) is 4.90 Å². The van der Waals surface area contributed by atoms with Crippen LogP contribution in [0.5, 0.6) is 0 Å². The molecule has 19 heavy (non-hydrogen) atoms. The van der Waals surface area contributed by atoms with Crippen molar-refractivity contribution in [3.05, 3.63) is 29.8 Å². The van der Waals surface area contributed by atoms with Crippen LogP contribution < -0.4 is 5.73 Å². The van der Waals surface area contributed by atoms with Crippen molar-refractivity contribution >= 4 is 39.7 Å². The molecule has 1 rings (SSSR count). The normalized spacial score (nSPS) is 11.1. The van der Waals surface area contributed by atoms with Crippen LogP contribution in [0.3, 0.4) is 0 Å². The standard InChI is InChI=1S/C13H21NO3S.Na.H/c14-11-5-3-1-2-4-6-12-7-9-13(10-8-12)18(15,16)17;;/h7-10H,1-6,11,14H2,(H,15,16,17);;. The van der Waals surface area contributed by atoms with Crippen molar-refractivity contribution in [2.24, 2.45) is 5.73 Å². The molecule has 104 valence electrons. The van der Waals surface area contributed by atoms with Gasteiger partial charge in [-0.15, -0.1) is 0 Å². The van der Waals surface area contributed by atoms with Gasteiger partial charge in [0.1, 0.15) is 0 Å². The van der Waals surface area contributed by atoms with Crippen LogP contribution >= 0.6 is 0 Å². The predicted octanol–water partition coefficient (Wildman–Crippen LogP) is 1.74. The Labute approximate surface area is 137 Å². The van der Waals surface area contributed by atoms with Crippen molar-refractivity contribution in [3.8, 4) is 0 Å². The van der Waals surface area contributed by atoms with Crippen LogP contribution in [-0.2, 0) is 16.5 Å². The fourth-order valence-electron chi connectivity index (χ4n) is 1.83. The van der Waals surface area contributed by atoms with Gasteiger partial charge in [0.15, 0.2) is 0 Å². The van der Waals surface area contributed by atoms with Crippen LogP contribution in [-0.4, -0.2) is 49.1 Å². The topological polar surface area (TPSA) is 80.4 Å². The van der Waals surface area contributed by atoms with Crippen molar-refractivity contribution in [2.45, 2.75) is 43.4 Å². The van der Waals surface area contributed by atoms with E-state index in [0.717, 1.165) is 31.4 Å². The van der Waals surface area contributed by atoms with Gasteiger partial charge in [-0.2, -0.15) is 8.42 Å². The Hall–Kier alpha value is 0.0900. The molecule has 0 saturated carbocycles. The molecule has 6 heteroatoms. The Morgan fingerprint density at radius 3 is 2.00 bits per heavy atom. The van der Waals surface area contributed by atoms with Crippen LogP contribution in [0, 0.1) is 0 Å². The molecular formula is C13H22NNaO3S. The second kappa shape index (κ2) is 9.91. The minimum atomic E-state index is -4.07. The molecule has 4 nitrogen and oxygen atoms in total. The van der Waals surface area contributed by atoms with E-state index in [2.05, 4.69) is 0 Å². The van der Waals surface area contributed by atoms with Crippen LogP contribution in [0.2, 0.25) is 0 Å². The fourth-order valence-corrected chi connectivity index (χ4v) is 2.31. The van der Waals surface area contributed by atoms with Crippen molar-refractivity contribution in [2.75, 3.05) is 6.54 Å². The first-order chi connectivity index (χ1) is 8.54. The van der Waals surface area contributed by atoms with Crippen molar-refractivity contribution < 1.29 is 13.0 Å². The van der Waals surface area contributed by atoms with E-state index in [1.54, 1.807) is 12.1 Å². The summed E-state index contributed by atoms with van der Waals surface area (Å²) in [7, 11) is -4.07. The third-order valence-corrected chi connectivity index (χ3v) is 3.76. The van der Waals surface area contributed by atoms with Gasteiger partial charge in [-0.25, -0.2) is 0 Å². The number of hydrogen-bond acceptors (Lipinski definition) is 3. The summed E-state index contributed by atoms with van der Waals surface area (Å²) in [6, 6.07) is 6.39. The second-order valence-electron chi connectivity index (χ2n) is 4.43. The van der Waals surface area contributed by atoms with Gasteiger partial charge in [-0.3, -0.25) is 4.55 Å². The summed E-state index contributed by atoms with van der Waals surface area (Å²) >= 11 is 0. The van der Waals surface area contributed by atoms with Gasteiger partial charge in [0.25, 0.3) is 10.1 Å². The molecule has 0 amide bonds. The van der Waals surface area contributed by atoms with E-state index in [9.17, 15) is 8.42 Å². The molecule has 0 aliphatic carbocycles. The SMILES string of the molecule is NCCCCCCCc1ccc(S(=O)(=O)O)cc1.[NaH]. The van der Waals surface area contributed by atoms with Crippen molar-refractivity contribution in [3.63, 3.8) is 0 Å². The molecule has 0 heterocycles. The number of hydrogen-bond donors (Lipinski definition) is 2. The molecule has 1 aromatic carbocycles. The number of aryl methyl sites for hydroxylation is 1. The first kappa shape index (κ1) is 19.1. The molecule has 0 unspecified atom stereocenters. The summed E-state index contributed by atoms with van der Waals surface area (Å²) < 4.78 is 30.5. The zero-order chi connectivity index (χ0) is 13.4. The third-order valence-electron chi connectivity index (χ3n) is 2.89. The molecule has 0 aliphatic heterocycles. The fraction of sp³-hybridized carbons (Fsp3) is 0.538. The minimum absolute atomic E-state index is 0. The number of unbranched alkanes of at least 4 members (excludes halogenated alkanes) is 4. The van der Waals surface area contributed by atoms with E-state index >= 15 is 0 Å². The molecule has 0 aromatic heterocycles. The van der Waals surface area contributed by atoms with E-state index in [0.29, 0.717) is 0 Å². The molecular weight excluding hydrogens is 273 g/mol. The van der Waals surface area contributed by atoms with Crippen molar-refractivity contribution in [1.29, 1.82) is 0 Å². The summed E-state index contributed by atoms with van der Waals surface area (Å²) in [6.07, 6.45) is 6.66. The molecule has 0 spiro atoms. The van der Waals surface area contributed by atoms with E-state index in [-0.39, 0.29) is 34.5 Å². The number of nitrogens with two attached hydrogens (primary N) is 1. The van der Waals surface area contributed by atoms with Gasteiger partial charge >= 0.3 is 29.6 Å².